The van der Waals surface area contributed by atoms with Gasteiger partial charge in [-0.1, -0.05) is 6.07 Å². The molecular formula is C19H27NO6. The maximum absolute atomic E-state index is 12.4. The van der Waals surface area contributed by atoms with Crippen LogP contribution in [0.2, 0.25) is 0 Å². The summed E-state index contributed by atoms with van der Waals surface area (Å²) in [5.74, 6) is 0.604. The van der Waals surface area contributed by atoms with E-state index in [2.05, 4.69) is 4.74 Å². The summed E-state index contributed by atoms with van der Waals surface area (Å²) in [6, 6.07) is 5.39. The van der Waals surface area contributed by atoms with E-state index in [4.69, 9.17) is 14.6 Å². The SMILES string of the molecule is CCOc1ccc(/C=C/C(=O)N(CCCO)CCC(=O)OC)cc1OC. The van der Waals surface area contributed by atoms with Gasteiger partial charge in [0.25, 0.3) is 0 Å². The van der Waals surface area contributed by atoms with Crippen LogP contribution in [-0.4, -0.2) is 62.4 Å². The van der Waals surface area contributed by atoms with Gasteiger partial charge in [-0.3, -0.25) is 9.59 Å². The van der Waals surface area contributed by atoms with Crippen LogP contribution in [0.5, 0.6) is 11.5 Å². The molecule has 0 spiro atoms. The van der Waals surface area contributed by atoms with E-state index >= 15 is 0 Å². The number of aliphatic hydroxyl groups is 1. The molecule has 144 valence electrons. The highest BCUT2D eigenvalue weighted by molar-refractivity contribution is 5.92. The van der Waals surface area contributed by atoms with Crippen molar-refractivity contribution in [3.8, 4) is 11.5 Å². The lowest BCUT2D eigenvalue weighted by Gasteiger charge is -2.20. The smallest absolute Gasteiger partial charge is 0.307 e. The van der Waals surface area contributed by atoms with Crippen molar-refractivity contribution >= 4 is 18.0 Å². The van der Waals surface area contributed by atoms with Crippen LogP contribution in [-0.2, 0) is 14.3 Å². The molecule has 0 fully saturated rings. The van der Waals surface area contributed by atoms with Gasteiger partial charge < -0.3 is 24.2 Å². The van der Waals surface area contributed by atoms with Crippen LogP contribution in [0.1, 0.15) is 25.3 Å². The van der Waals surface area contributed by atoms with Gasteiger partial charge in [-0.25, -0.2) is 0 Å². The predicted molar refractivity (Wildman–Crippen MR) is 98.1 cm³/mol. The first kappa shape index (κ1) is 21.5. The summed E-state index contributed by atoms with van der Waals surface area (Å²) in [6.07, 6.45) is 3.66. The van der Waals surface area contributed by atoms with Crippen molar-refractivity contribution in [1.29, 1.82) is 0 Å². The molecular weight excluding hydrogens is 338 g/mol. The van der Waals surface area contributed by atoms with Crippen LogP contribution in [0, 0.1) is 0 Å². The molecule has 1 N–H and O–H groups in total. The van der Waals surface area contributed by atoms with Crippen LogP contribution >= 0.6 is 0 Å². The fourth-order valence-electron chi connectivity index (χ4n) is 2.26. The molecule has 0 aliphatic carbocycles. The number of aliphatic hydroxyl groups excluding tert-OH is 1. The monoisotopic (exact) mass is 365 g/mol. The molecule has 0 unspecified atom stereocenters. The minimum absolute atomic E-state index is 0.0260. The Balaban J connectivity index is 2.81. The highest BCUT2D eigenvalue weighted by Crippen LogP contribution is 2.28. The first-order valence-electron chi connectivity index (χ1n) is 8.51. The molecule has 0 aliphatic rings. The zero-order valence-corrected chi connectivity index (χ0v) is 15.6. The molecule has 0 saturated carbocycles. The van der Waals surface area contributed by atoms with Crippen LogP contribution < -0.4 is 9.47 Å². The molecule has 0 heterocycles. The summed E-state index contributed by atoms with van der Waals surface area (Å²) < 4.78 is 15.4. The van der Waals surface area contributed by atoms with Crippen molar-refractivity contribution in [1.82, 2.24) is 4.90 Å². The number of benzene rings is 1. The van der Waals surface area contributed by atoms with Crippen LogP contribution in [0.15, 0.2) is 24.3 Å². The van der Waals surface area contributed by atoms with Gasteiger partial charge in [0, 0.05) is 25.8 Å². The molecule has 0 saturated heterocycles. The highest BCUT2D eigenvalue weighted by atomic mass is 16.5. The number of esters is 1. The van der Waals surface area contributed by atoms with Gasteiger partial charge in [-0.2, -0.15) is 0 Å². The summed E-state index contributed by atoms with van der Waals surface area (Å²) in [5.41, 5.74) is 0.786. The summed E-state index contributed by atoms with van der Waals surface area (Å²) in [7, 11) is 2.86. The van der Waals surface area contributed by atoms with Crippen molar-refractivity contribution < 1.29 is 28.9 Å². The topological polar surface area (TPSA) is 85.3 Å². The number of carbonyl (C=O) groups is 2. The van der Waals surface area contributed by atoms with Gasteiger partial charge in [0.1, 0.15) is 0 Å². The van der Waals surface area contributed by atoms with Gasteiger partial charge in [0.15, 0.2) is 11.5 Å². The Morgan fingerprint density at radius 3 is 2.58 bits per heavy atom. The number of nitrogens with zero attached hydrogens (tertiary/aromatic N) is 1. The van der Waals surface area contributed by atoms with Crippen molar-refractivity contribution in [3.05, 3.63) is 29.8 Å². The Morgan fingerprint density at radius 2 is 1.96 bits per heavy atom. The number of ether oxygens (including phenoxy) is 3. The van der Waals surface area contributed by atoms with Crippen LogP contribution in [0.25, 0.3) is 6.08 Å². The van der Waals surface area contributed by atoms with E-state index in [0.717, 1.165) is 5.56 Å². The van der Waals surface area contributed by atoms with Gasteiger partial charge in [-0.15, -0.1) is 0 Å². The molecule has 1 amide bonds. The Labute approximate surface area is 154 Å². The minimum Gasteiger partial charge on any atom is -0.493 e. The maximum atomic E-state index is 12.4. The Kier molecular flexibility index (Phi) is 9.86. The average Bonchev–Trinajstić information content (AvgIpc) is 2.66. The normalized spacial score (nSPS) is 10.6. The fourth-order valence-corrected chi connectivity index (χ4v) is 2.26. The molecule has 0 atom stereocenters. The van der Waals surface area contributed by atoms with E-state index < -0.39 is 0 Å². The third kappa shape index (κ3) is 7.14. The van der Waals surface area contributed by atoms with Crippen LogP contribution in [0.3, 0.4) is 0 Å². The summed E-state index contributed by atoms with van der Waals surface area (Å²) in [6.45, 7) is 3.00. The van der Waals surface area contributed by atoms with E-state index in [1.807, 2.05) is 13.0 Å². The second-order valence-electron chi connectivity index (χ2n) is 5.41. The zero-order chi connectivity index (χ0) is 19.4. The largest absolute Gasteiger partial charge is 0.493 e. The second kappa shape index (κ2) is 11.9. The molecule has 1 aromatic rings. The molecule has 0 radical (unpaired) electrons. The average molecular weight is 365 g/mol. The molecule has 0 aliphatic heterocycles. The third-order valence-electron chi connectivity index (χ3n) is 3.62. The maximum Gasteiger partial charge on any atom is 0.307 e. The molecule has 1 aromatic carbocycles. The molecule has 1 rings (SSSR count). The van der Waals surface area contributed by atoms with E-state index in [0.29, 0.717) is 31.1 Å². The number of methoxy groups -OCH3 is 2. The lowest BCUT2D eigenvalue weighted by atomic mass is 10.2. The van der Waals surface area contributed by atoms with E-state index in [1.54, 1.807) is 25.3 Å². The summed E-state index contributed by atoms with van der Waals surface area (Å²) >= 11 is 0. The van der Waals surface area contributed by atoms with Crippen molar-refractivity contribution in [2.24, 2.45) is 0 Å². The first-order chi connectivity index (χ1) is 12.5. The third-order valence-corrected chi connectivity index (χ3v) is 3.62. The fraction of sp³-hybridized carbons (Fsp3) is 0.474. The number of amides is 1. The lowest BCUT2D eigenvalue weighted by molar-refractivity contribution is -0.141. The van der Waals surface area contributed by atoms with E-state index in [9.17, 15) is 9.59 Å². The number of hydrogen-bond acceptors (Lipinski definition) is 6. The molecule has 0 aromatic heterocycles. The van der Waals surface area contributed by atoms with Crippen molar-refractivity contribution in [3.63, 3.8) is 0 Å². The molecule has 0 bridgehead atoms. The summed E-state index contributed by atoms with van der Waals surface area (Å²) in [4.78, 5) is 25.2. The molecule has 26 heavy (non-hydrogen) atoms. The minimum atomic E-state index is -0.382. The van der Waals surface area contributed by atoms with Gasteiger partial charge in [0.2, 0.25) is 5.91 Å². The number of hydrogen-bond donors (Lipinski definition) is 1. The standard InChI is InChI=1S/C19H27NO6/c1-4-26-16-8-6-15(14-17(16)24-2)7-9-18(22)20(11-5-13-21)12-10-19(23)25-3/h6-9,14,21H,4-5,10-13H2,1-3H3/b9-7+. The first-order valence-corrected chi connectivity index (χ1v) is 8.51. The summed E-state index contributed by atoms with van der Waals surface area (Å²) in [5, 5.41) is 8.98. The predicted octanol–water partition coefficient (Wildman–Crippen LogP) is 1.88. The van der Waals surface area contributed by atoms with E-state index in [1.165, 1.54) is 18.1 Å². The zero-order valence-electron chi connectivity index (χ0n) is 15.6. The second-order valence-corrected chi connectivity index (χ2v) is 5.41. The molecule has 7 heteroatoms. The van der Waals surface area contributed by atoms with Gasteiger partial charge in [0.05, 0.1) is 27.2 Å². The van der Waals surface area contributed by atoms with Crippen LogP contribution in [0.4, 0.5) is 0 Å². The van der Waals surface area contributed by atoms with Crippen molar-refractivity contribution in [2.45, 2.75) is 19.8 Å². The quantitative estimate of drug-likeness (QED) is 0.476. The van der Waals surface area contributed by atoms with Crippen molar-refractivity contribution in [2.75, 3.05) is 40.5 Å². The van der Waals surface area contributed by atoms with Gasteiger partial charge in [-0.05, 0) is 37.1 Å². The highest BCUT2D eigenvalue weighted by Gasteiger charge is 2.13. The van der Waals surface area contributed by atoms with Gasteiger partial charge >= 0.3 is 5.97 Å². The Bertz CT molecular complexity index is 614. The number of rotatable bonds is 11. The Hall–Kier alpha value is -2.54. The lowest BCUT2D eigenvalue weighted by Crippen LogP contribution is -2.33. The Morgan fingerprint density at radius 1 is 1.19 bits per heavy atom. The molecule has 7 nitrogen and oxygen atoms in total. The van der Waals surface area contributed by atoms with E-state index in [-0.39, 0.29) is 31.4 Å². The number of carbonyl (C=O) groups excluding carboxylic acids is 2.